The smallest absolute Gasteiger partial charge is 0.275 e. The second-order valence-electron chi connectivity index (χ2n) is 5.08. The van der Waals surface area contributed by atoms with Crippen molar-refractivity contribution in [1.82, 2.24) is 5.32 Å². The van der Waals surface area contributed by atoms with E-state index in [1.807, 2.05) is 55.6 Å². The van der Waals surface area contributed by atoms with Gasteiger partial charge in [-0.1, -0.05) is 23.7 Å². The number of hydrogen-bond acceptors (Lipinski definition) is 2. The van der Waals surface area contributed by atoms with Crippen molar-refractivity contribution in [2.45, 2.75) is 25.9 Å². The second-order valence-corrected chi connectivity index (χ2v) is 5.52. The number of halogens is 1. The Morgan fingerprint density at radius 2 is 2.00 bits per heavy atom. The fourth-order valence-corrected chi connectivity index (χ4v) is 2.21. The van der Waals surface area contributed by atoms with Crippen LogP contribution in [0.2, 0.25) is 5.02 Å². The van der Waals surface area contributed by atoms with E-state index in [1.165, 1.54) is 0 Å². The van der Waals surface area contributed by atoms with Gasteiger partial charge in [0.15, 0.2) is 12.3 Å². The summed E-state index contributed by atoms with van der Waals surface area (Å²) in [7, 11) is 0. The largest absolute Gasteiger partial charge is 0.463 e. The maximum absolute atomic E-state index is 12.0. The minimum atomic E-state index is -0.0397. The summed E-state index contributed by atoms with van der Waals surface area (Å²) in [6, 6.07) is 11.3. The lowest BCUT2D eigenvalue weighted by Gasteiger charge is -2.14. The van der Waals surface area contributed by atoms with E-state index >= 15 is 0 Å². The van der Waals surface area contributed by atoms with Gasteiger partial charge in [0.2, 0.25) is 0 Å². The van der Waals surface area contributed by atoms with Gasteiger partial charge in [0.1, 0.15) is 6.04 Å². The Kier molecular flexibility index (Phi) is 5.42. The number of amides is 1. The summed E-state index contributed by atoms with van der Waals surface area (Å²) in [5.41, 5.74) is 1.03. The van der Waals surface area contributed by atoms with Crippen LogP contribution in [0.5, 0.6) is 0 Å². The summed E-state index contributed by atoms with van der Waals surface area (Å²) >= 11 is 5.85. The van der Waals surface area contributed by atoms with Crippen LogP contribution in [0, 0.1) is 0 Å². The molecule has 21 heavy (non-hydrogen) atoms. The summed E-state index contributed by atoms with van der Waals surface area (Å²) in [6.07, 6.45) is 1.64. The summed E-state index contributed by atoms with van der Waals surface area (Å²) in [5.74, 6) is 0.865. The fourth-order valence-electron chi connectivity index (χ4n) is 2.09. The Hall–Kier alpha value is -1.78. The lowest BCUT2D eigenvalue weighted by atomic mass is 10.1. The molecule has 0 radical (unpaired) electrons. The number of carbonyl (C=O) groups excluding carboxylic acids is 1. The number of hydrogen-bond donors (Lipinski definition) is 2. The quantitative estimate of drug-likeness (QED) is 0.861. The average molecular weight is 308 g/mol. The number of rotatable bonds is 6. The molecule has 1 heterocycles. The van der Waals surface area contributed by atoms with Crippen molar-refractivity contribution < 1.29 is 14.5 Å². The zero-order valence-corrected chi connectivity index (χ0v) is 12.9. The molecule has 2 atom stereocenters. The molecule has 1 aromatic heterocycles. The molecule has 0 saturated carbocycles. The normalized spacial score (nSPS) is 13.7. The first-order valence-electron chi connectivity index (χ1n) is 6.98. The van der Waals surface area contributed by atoms with Crippen LogP contribution in [0.3, 0.4) is 0 Å². The van der Waals surface area contributed by atoms with Crippen molar-refractivity contribution in [3.8, 4) is 0 Å². The Labute approximate surface area is 129 Å². The Bertz CT molecular complexity index is 566. The zero-order chi connectivity index (χ0) is 15.2. The molecule has 0 unspecified atom stereocenters. The van der Waals surface area contributed by atoms with E-state index in [9.17, 15) is 4.79 Å². The maximum atomic E-state index is 12.0. The second kappa shape index (κ2) is 7.29. The molecule has 1 aromatic carbocycles. The molecule has 4 nitrogen and oxygen atoms in total. The van der Waals surface area contributed by atoms with E-state index in [0.29, 0.717) is 11.6 Å². The van der Waals surface area contributed by atoms with Crippen LogP contribution >= 0.6 is 11.6 Å². The maximum Gasteiger partial charge on any atom is 0.275 e. The molecule has 0 bridgehead atoms. The number of nitrogens with two attached hydrogens (primary N) is 1. The van der Waals surface area contributed by atoms with Crippen LogP contribution in [0.25, 0.3) is 0 Å². The van der Waals surface area contributed by atoms with Gasteiger partial charge in [-0.05, 0) is 43.7 Å². The Morgan fingerprint density at radius 3 is 2.62 bits per heavy atom. The van der Waals surface area contributed by atoms with E-state index in [-0.39, 0.29) is 18.0 Å². The number of carbonyl (C=O) groups is 1. The van der Waals surface area contributed by atoms with E-state index in [4.69, 9.17) is 16.0 Å². The van der Waals surface area contributed by atoms with Gasteiger partial charge in [-0.2, -0.15) is 0 Å². The fraction of sp³-hybridized carbons (Fsp3) is 0.312. The van der Waals surface area contributed by atoms with Gasteiger partial charge in [0.05, 0.1) is 12.3 Å². The van der Waals surface area contributed by atoms with E-state index in [0.717, 1.165) is 11.3 Å². The third-order valence-electron chi connectivity index (χ3n) is 3.40. The van der Waals surface area contributed by atoms with Crippen molar-refractivity contribution in [3.05, 3.63) is 59.0 Å². The van der Waals surface area contributed by atoms with Crippen molar-refractivity contribution in [2.24, 2.45) is 0 Å². The predicted octanol–water partition coefficient (Wildman–Crippen LogP) is 2.43. The topological polar surface area (TPSA) is 58.9 Å². The van der Waals surface area contributed by atoms with Crippen molar-refractivity contribution in [1.29, 1.82) is 0 Å². The van der Waals surface area contributed by atoms with Crippen LogP contribution in [-0.4, -0.2) is 12.5 Å². The molecule has 3 N–H and O–H groups in total. The van der Waals surface area contributed by atoms with E-state index in [2.05, 4.69) is 5.32 Å². The van der Waals surface area contributed by atoms with Crippen LogP contribution in [0.15, 0.2) is 47.1 Å². The van der Waals surface area contributed by atoms with Gasteiger partial charge in [0.25, 0.3) is 5.91 Å². The monoisotopic (exact) mass is 307 g/mol. The molecule has 0 fully saturated rings. The van der Waals surface area contributed by atoms with Crippen LogP contribution < -0.4 is 10.6 Å². The molecule has 0 aliphatic rings. The Morgan fingerprint density at radius 1 is 1.29 bits per heavy atom. The van der Waals surface area contributed by atoms with Gasteiger partial charge >= 0.3 is 0 Å². The molecular formula is C16H20ClN2O2+. The summed E-state index contributed by atoms with van der Waals surface area (Å²) in [4.78, 5) is 12.0. The van der Waals surface area contributed by atoms with Crippen LogP contribution in [0.1, 0.15) is 37.3 Å². The average Bonchev–Trinajstić information content (AvgIpc) is 2.99. The molecule has 0 aliphatic carbocycles. The van der Waals surface area contributed by atoms with Crippen molar-refractivity contribution >= 4 is 17.5 Å². The van der Waals surface area contributed by atoms with Gasteiger partial charge in [0, 0.05) is 5.02 Å². The SMILES string of the molecule is C[C@@H](NC(=O)C[NH2+][C@H](C)c1ccco1)c1ccc(Cl)cc1. The van der Waals surface area contributed by atoms with Gasteiger partial charge in [-0.3, -0.25) is 4.79 Å². The van der Waals surface area contributed by atoms with Crippen LogP contribution in [-0.2, 0) is 4.79 Å². The highest BCUT2D eigenvalue weighted by atomic mass is 35.5. The Balaban J connectivity index is 1.80. The minimum Gasteiger partial charge on any atom is -0.463 e. The highest BCUT2D eigenvalue weighted by Gasteiger charge is 2.15. The minimum absolute atomic E-state index is 0.00384. The summed E-state index contributed by atoms with van der Waals surface area (Å²) < 4.78 is 5.31. The van der Waals surface area contributed by atoms with Gasteiger partial charge in [-0.25, -0.2) is 0 Å². The molecule has 0 aliphatic heterocycles. The van der Waals surface area contributed by atoms with Gasteiger partial charge in [-0.15, -0.1) is 0 Å². The summed E-state index contributed by atoms with van der Waals surface area (Å²) in [6.45, 7) is 4.33. The molecule has 1 amide bonds. The zero-order valence-electron chi connectivity index (χ0n) is 12.2. The van der Waals surface area contributed by atoms with Crippen molar-refractivity contribution in [3.63, 3.8) is 0 Å². The number of quaternary nitrogens is 1. The molecule has 0 saturated heterocycles. The molecule has 2 aromatic rings. The molecule has 5 heteroatoms. The van der Waals surface area contributed by atoms with Crippen LogP contribution in [0.4, 0.5) is 0 Å². The highest BCUT2D eigenvalue weighted by molar-refractivity contribution is 6.30. The number of nitrogens with one attached hydrogen (secondary N) is 1. The molecular weight excluding hydrogens is 288 g/mol. The molecule has 112 valence electrons. The van der Waals surface area contributed by atoms with E-state index < -0.39 is 0 Å². The molecule has 2 rings (SSSR count). The van der Waals surface area contributed by atoms with E-state index in [1.54, 1.807) is 6.26 Å². The first-order chi connectivity index (χ1) is 10.1. The third kappa shape index (κ3) is 4.62. The lowest BCUT2D eigenvalue weighted by Crippen LogP contribution is -2.87. The lowest BCUT2D eigenvalue weighted by molar-refractivity contribution is -0.684. The standard InChI is InChI=1S/C16H19ClN2O2/c1-11(13-5-7-14(17)8-6-13)19-16(20)10-18-12(2)15-4-3-9-21-15/h3-9,11-12,18H,10H2,1-2H3,(H,19,20)/p+1/t11-,12-/m1/s1. The first kappa shape index (κ1) is 15.6. The van der Waals surface area contributed by atoms with Crippen molar-refractivity contribution in [2.75, 3.05) is 6.54 Å². The number of furan rings is 1. The first-order valence-corrected chi connectivity index (χ1v) is 7.35. The third-order valence-corrected chi connectivity index (χ3v) is 3.65. The van der Waals surface area contributed by atoms with Gasteiger partial charge < -0.3 is 15.1 Å². The summed E-state index contributed by atoms with van der Waals surface area (Å²) in [5, 5.41) is 5.61. The predicted molar refractivity (Wildman–Crippen MR) is 81.9 cm³/mol. The molecule has 0 spiro atoms. The number of benzene rings is 1. The highest BCUT2D eigenvalue weighted by Crippen LogP contribution is 2.15.